The third-order valence-corrected chi connectivity index (χ3v) is 4.68. The van der Waals surface area contributed by atoms with Crippen LogP contribution in [0.15, 0.2) is 0 Å². The van der Waals surface area contributed by atoms with Gasteiger partial charge in [-0.05, 0) is 39.2 Å². The quantitative estimate of drug-likeness (QED) is 0.797. The molecule has 16 heavy (non-hydrogen) atoms. The first-order valence-corrected chi connectivity index (χ1v) is 6.83. The first-order chi connectivity index (χ1) is 7.74. The summed E-state index contributed by atoms with van der Waals surface area (Å²) in [6, 6.07) is 0.724. The molecule has 3 nitrogen and oxygen atoms in total. The number of nitrogens with zero attached hydrogens (tertiary/aromatic N) is 1. The Morgan fingerprint density at radius 3 is 2.81 bits per heavy atom. The second kappa shape index (κ2) is 5.03. The first kappa shape index (κ1) is 12.3. The van der Waals surface area contributed by atoms with Crippen LogP contribution >= 0.6 is 0 Å². The highest BCUT2D eigenvalue weighted by atomic mass is 16.5. The van der Waals surface area contributed by atoms with Crippen molar-refractivity contribution in [1.82, 2.24) is 4.90 Å². The van der Waals surface area contributed by atoms with E-state index in [2.05, 4.69) is 18.7 Å². The maximum atomic E-state index is 6.09. The van der Waals surface area contributed by atoms with Crippen molar-refractivity contribution in [3.63, 3.8) is 0 Å². The zero-order valence-corrected chi connectivity index (χ0v) is 10.7. The molecular formula is C13H26N2O. The van der Waals surface area contributed by atoms with Gasteiger partial charge >= 0.3 is 0 Å². The van der Waals surface area contributed by atoms with Crippen LogP contribution < -0.4 is 5.73 Å². The fourth-order valence-electron chi connectivity index (χ4n) is 3.54. The monoisotopic (exact) mass is 226 g/mol. The molecule has 3 unspecified atom stereocenters. The Hall–Kier alpha value is -0.120. The lowest BCUT2D eigenvalue weighted by Gasteiger charge is -2.49. The van der Waals surface area contributed by atoms with Gasteiger partial charge in [-0.15, -0.1) is 0 Å². The highest BCUT2D eigenvalue weighted by molar-refractivity contribution is 5.03. The number of rotatable bonds is 3. The van der Waals surface area contributed by atoms with E-state index in [0.29, 0.717) is 6.10 Å². The smallest absolute Gasteiger partial charge is 0.0743 e. The molecule has 0 amide bonds. The number of hydrogen-bond donors (Lipinski definition) is 1. The summed E-state index contributed by atoms with van der Waals surface area (Å²) in [4.78, 5) is 2.67. The summed E-state index contributed by atoms with van der Waals surface area (Å²) in [7, 11) is 0. The molecule has 3 heteroatoms. The molecule has 0 aromatic carbocycles. The minimum absolute atomic E-state index is 0.126. The molecule has 0 aliphatic carbocycles. The van der Waals surface area contributed by atoms with Gasteiger partial charge in [0.15, 0.2) is 0 Å². The van der Waals surface area contributed by atoms with Gasteiger partial charge in [-0.25, -0.2) is 0 Å². The van der Waals surface area contributed by atoms with Crippen molar-refractivity contribution in [2.24, 2.45) is 5.73 Å². The van der Waals surface area contributed by atoms with E-state index >= 15 is 0 Å². The van der Waals surface area contributed by atoms with Gasteiger partial charge in [0.05, 0.1) is 11.6 Å². The predicted molar refractivity (Wildman–Crippen MR) is 66.5 cm³/mol. The van der Waals surface area contributed by atoms with Crippen molar-refractivity contribution in [2.45, 2.75) is 63.6 Å². The van der Waals surface area contributed by atoms with Crippen molar-refractivity contribution in [2.75, 3.05) is 19.7 Å². The number of piperidine rings is 1. The molecule has 2 saturated heterocycles. The van der Waals surface area contributed by atoms with Gasteiger partial charge in [0.2, 0.25) is 0 Å². The standard InChI is InChI=1S/C13H26N2O/c1-3-12-6-4-5-8-15(12)13(10-14)7-9-16-11(13)2/h11-12H,3-10,14H2,1-2H3. The first-order valence-electron chi connectivity index (χ1n) is 6.83. The highest BCUT2D eigenvalue weighted by Gasteiger charge is 2.47. The summed E-state index contributed by atoms with van der Waals surface area (Å²) in [5.74, 6) is 0. The topological polar surface area (TPSA) is 38.5 Å². The fourth-order valence-corrected chi connectivity index (χ4v) is 3.54. The summed E-state index contributed by atoms with van der Waals surface area (Å²) in [6.07, 6.45) is 6.70. The van der Waals surface area contributed by atoms with Crippen molar-refractivity contribution >= 4 is 0 Å². The average molecular weight is 226 g/mol. The molecule has 0 radical (unpaired) electrons. The van der Waals surface area contributed by atoms with E-state index in [-0.39, 0.29) is 5.54 Å². The van der Waals surface area contributed by atoms with Crippen molar-refractivity contribution < 1.29 is 4.74 Å². The molecule has 2 aliphatic heterocycles. The van der Waals surface area contributed by atoms with Crippen molar-refractivity contribution in [3.05, 3.63) is 0 Å². The van der Waals surface area contributed by atoms with E-state index in [9.17, 15) is 0 Å². The number of likely N-dealkylation sites (tertiary alicyclic amines) is 1. The van der Waals surface area contributed by atoms with Crippen molar-refractivity contribution in [3.8, 4) is 0 Å². The Morgan fingerprint density at radius 1 is 1.44 bits per heavy atom. The van der Waals surface area contributed by atoms with Gasteiger partial charge < -0.3 is 10.5 Å². The molecule has 3 atom stereocenters. The van der Waals surface area contributed by atoms with Gasteiger partial charge in [-0.2, -0.15) is 0 Å². The highest BCUT2D eigenvalue weighted by Crippen LogP contribution is 2.36. The normalized spacial score (nSPS) is 41.4. The third kappa shape index (κ3) is 1.89. The lowest BCUT2D eigenvalue weighted by Crippen LogP contribution is -2.62. The molecule has 2 fully saturated rings. The van der Waals surface area contributed by atoms with E-state index < -0.39 is 0 Å². The lowest BCUT2D eigenvalue weighted by atomic mass is 9.84. The molecule has 2 heterocycles. The minimum atomic E-state index is 0.126. The Labute approximate surface area is 99.3 Å². The van der Waals surface area contributed by atoms with E-state index in [1.54, 1.807) is 0 Å². The van der Waals surface area contributed by atoms with Crippen LogP contribution in [0.1, 0.15) is 46.0 Å². The molecule has 2 aliphatic rings. The van der Waals surface area contributed by atoms with E-state index in [0.717, 1.165) is 25.6 Å². The molecule has 0 aromatic heterocycles. The summed E-state index contributed by atoms with van der Waals surface area (Å²) < 4.78 is 5.78. The van der Waals surface area contributed by atoms with Crippen LogP contribution in [0.25, 0.3) is 0 Å². The second-order valence-electron chi connectivity index (χ2n) is 5.32. The number of hydrogen-bond acceptors (Lipinski definition) is 3. The van der Waals surface area contributed by atoms with Gasteiger partial charge in [-0.3, -0.25) is 4.90 Å². The zero-order valence-electron chi connectivity index (χ0n) is 10.7. The van der Waals surface area contributed by atoms with Gasteiger partial charge in [0.25, 0.3) is 0 Å². The average Bonchev–Trinajstić information content (AvgIpc) is 2.71. The second-order valence-corrected chi connectivity index (χ2v) is 5.32. The molecule has 0 spiro atoms. The van der Waals surface area contributed by atoms with Crippen LogP contribution in [0.4, 0.5) is 0 Å². The SMILES string of the molecule is CCC1CCCCN1C1(CN)CCOC1C. The maximum absolute atomic E-state index is 6.09. The minimum Gasteiger partial charge on any atom is -0.376 e. The van der Waals surface area contributed by atoms with Crippen LogP contribution in [0, 0.1) is 0 Å². The molecular weight excluding hydrogens is 200 g/mol. The molecule has 2 rings (SSSR count). The Morgan fingerprint density at radius 2 is 2.25 bits per heavy atom. The van der Waals surface area contributed by atoms with Gasteiger partial charge in [0.1, 0.15) is 0 Å². The van der Waals surface area contributed by atoms with Gasteiger partial charge in [-0.1, -0.05) is 13.3 Å². The third-order valence-electron chi connectivity index (χ3n) is 4.68. The molecule has 0 bridgehead atoms. The van der Waals surface area contributed by atoms with Gasteiger partial charge in [0, 0.05) is 19.2 Å². The largest absolute Gasteiger partial charge is 0.376 e. The predicted octanol–water partition coefficient (Wildman–Crippen LogP) is 1.76. The summed E-state index contributed by atoms with van der Waals surface area (Å²) >= 11 is 0. The summed E-state index contributed by atoms with van der Waals surface area (Å²) in [5, 5.41) is 0. The summed E-state index contributed by atoms with van der Waals surface area (Å²) in [6.45, 7) is 7.33. The van der Waals surface area contributed by atoms with E-state index in [4.69, 9.17) is 10.5 Å². The number of ether oxygens (including phenoxy) is 1. The van der Waals surface area contributed by atoms with Crippen LogP contribution in [-0.4, -0.2) is 42.3 Å². The van der Waals surface area contributed by atoms with Crippen molar-refractivity contribution in [1.29, 1.82) is 0 Å². The maximum Gasteiger partial charge on any atom is 0.0743 e. The van der Waals surface area contributed by atoms with Crippen LogP contribution in [0.5, 0.6) is 0 Å². The lowest BCUT2D eigenvalue weighted by molar-refractivity contribution is -0.0262. The Balaban J connectivity index is 2.18. The molecule has 0 aromatic rings. The van der Waals surface area contributed by atoms with Crippen LogP contribution in [0.3, 0.4) is 0 Å². The molecule has 94 valence electrons. The van der Waals surface area contributed by atoms with E-state index in [1.165, 1.54) is 32.2 Å². The summed E-state index contributed by atoms with van der Waals surface area (Å²) in [5.41, 5.74) is 6.21. The molecule has 2 N–H and O–H groups in total. The van der Waals surface area contributed by atoms with E-state index in [1.807, 2.05) is 0 Å². The van der Waals surface area contributed by atoms with Crippen LogP contribution in [-0.2, 0) is 4.74 Å². The fraction of sp³-hybridized carbons (Fsp3) is 1.00. The Kier molecular flexibility index (Phi) is 3.88. The number of nitrogens with two attached hydrogens (primary N) is 1. The van der Waals surface area contributed by atoms with Crippen LogP contribution in [0.2, 0.25) is 0 Å². The Bertz CT molecular complexity index is 234. The molecule has 0 saturated carbocycles. The zero-order chi connectivity index (χ0) is 11.6.